The summed E-state index contributed by atoms with van der Waals surface area (Å²) in [6.07, 6.45) is 1.63. The predicted octanol–water partition coefficient (Wildman–Crippen LogP) is 0.799. The second-order valence-corrected chi connectivity index (χ2v) is 4.45. The summed E-state index contributed by atoms with van der Waals surface area (Å²) in [6, 6.07) is 6.53. The van der Waals surface area contributed by atoms with E-state index in [1.54, 1.807) is 42.2 Å². The van der Waals surface area contributed by atoms with Crippen molar-refractivity contribution in [2.75, 3.05) is 5.73 Å². The van der Waals surface area contributed by atoms with Gasteiger partial charge in [0.2, 0.25) is 0 Å². The number of carbonyl (C=O) groups excluding carboxylic acids is 2. The lowest BCUT2D eigenvalue weighted by molar-refractivity contribution is 0.0639. The highest BCUT2D eigenvalue weighted by atomic mass is 16.2. The van der Waals surface area contributed by atoms with E-state index in [1.165, 1.54) is 4.90 Å². The maximum atomic E-state index is 12.2. The molecule has 0 saturated heterocycles. The van der Waals surface area contributed by atoms with E-state index in [1.807, 2.05) is 0 Å². The molecular weight excluding hydrogens is 244 g/mol. The summed E-state index contributed by atoms with van der Waals surface area (Å²) in [5, 5.41) is 4.02. The van der Waals surface area contributed by atoms with Crippen molar-refractivity contribution in [2.45, 2.75) is 6.54 Å². The van der Waals surface area contributed by atoms with Gasteiger partial charge in [-0.2, -0.15) is 5.10 Å². The third-order valence-electron chi connectivity index (χ3n) is 3.24. The number of imide groups is 1. The van der Waals surface area contributed by atoms with E-state index in [4.69, 9.17) is 5.73 Å². The summed E-state index contributed by atoms with van der Waals surface area (Å²) in [4.78, 5) is 25.6. The molecule has 1 aromatic carbocycles. The minimum atomic E-state index is -0.312. The van der Waals surface area contributed by atoms with Crippen LogP contribution in [0.3, 0.4) is 0 Å². The van der Waals surface area contributed by atoms with Crippen molar-refractivity contribution in [3.05, 3.63) is 47.3 Å². The fourth-order valence-electron chi connectivity index (χ4n) is 2.17. The number of rotatable bonds is 2. The number of hydrogen-bond donors (Lipinski definition) is 1. The number of nitrogens with zero attached hydrogens (tertiary/aromatic N) is 3. The molecule has 96 valence electrons. The van der Waals surface area contributed by atoms with E-state index in [9.17, 15) is 9.59 Å². The largest absolute Gasteiger partial charge is 0.399 e. The van der Waals surface area contributed by atoms with Crippen LogP contribution in [0.25, 0.3) is 0 Å². The van der Waals surface area contributed by atoms with Crippen LogP contribution >= 0.6 is 0 Å². The molecule has 1 aliphatic rings. The Morgan fingerprint density at radius 2 is 1.89 bits per heavy atom. The van der Waals surface area contributed by atoms with Gasteiger partial charge in [0.15, 0.2) is 0 Å². The number of fused-ring (bicyclic) bond motifs is 1. The SMILES string of the molecule is Cn1nccc1CN1C(=O)c2ccc(N)cc2C1=O. The minimum absolute atomic E-state index is 0.211. The zero-order valence-electron chi connectivity index (χ0n) is 10.3. The number of nitrogens with two attached hydrogens (primary N) is 1. The Kier molecular flexibility index (Phi) is 2.38. The summed E-state index contributed by atoms with van der Waals surface area (Å²) < 4.78 is 1.64. The number of amides is 2. The average Bonchev–Trinajstić information content (AvgIpc) is 2.88. The predicted molar refractivity (Wildman–Crippen MR) is 68.3 cm³/mol. The molecule has 0 bridgehead atoms. The smallest absolute Gasteiger partial charge is 0.261 e. The highest BCUT2D eigenvalue weighted by molar-refractivity contribution is 6.21. The van der Waals surface area contributed by atoms with Crippen molar-refractivity contribution in [1.29, 1.82) is 0 Å². The van der Waals surface area contributed by atoms with Crippen LogP contribution in [-0.2, 0) is 13.6 Å². The maximum absolute atomic E-state index is 12.2. The quantitative estimate of drug-likeness (QED) is 0.636. The Balaban J connectivity index is 1.97. The van der Waals surface area contributed by atoms with E-state index in [2.05, 4.69) is 5.10 Å². The molecule has 0 unspecified atom stereocenters. The number of hydrogen-bond acceptors (Lipinski definition) is 4. The van der Waals surface area contributed by atoms with Gasteiger partial charge in [0.25, 0.3) is 11.8 Å². The molecule has 3 rings (SSSR count). The van der Waals surface area contributed by atoms with Crippen LogP contribution in [-0.4, -0.2) is 26.5 Å². The lowest BCUT2D eigenvalue weighted by Crippen LogP contribution is -2.30. The molecule has 6 heteroatoms. The molecule has 0 saturated carbocycles. The van der Waals surface area contributed by atoms with Gasteiger partial charge in [0, 0.05) is 18.9 Å². The van der Waals surface area contributed by atoms with Gasteiger partial charge in [-0.3, -0.25) is 19.2 Å². The van der Waals surface area contributed by atoms with Crippen LogP contribution < -0.4 is 5.73 Å². The van der Waals surface area contributed by atoms with Crippen LogP contribution in [0, 0.1) is 0 Å². The van der Waals surface area contributed by atoms with Gasteiger partial charge in [-0.15, -0.1) is 0 Å². The molecule has 6 nitrogen and oxygen atoms in total. The molecule has 0 spiro atoms. The minimum Gasteiger partial charge on any atom is -0.399 e. The van der Waals surface area contributed by atoms with Crippen LogP contribution in [0.2, 0.25) is 0 Å². The van der Waals surface area contributed by atoms with Gasteiger partial charge in [-0.1, -0.05) is 0 Å². The molecule has 2 heterocycles. The van der Waals surface area contributed by atoms with Gasteiger partial charge in [0.1, 0.15) is 0 Å². The standard InChI is InChI=1S/C13H12N4O2/c1-16-9(4-5-15-16)7-17-12(18)10-3-2-8(14)6-11(10)13(17)19/h2-6H,7,14H2,1H3. The van der Waals surface area contributed by atoms with Crippen LogP contribution in [0.15, 0.2) is 30.5 Å². The summed E-state index contributed by atoms with van der Waals surface area (Å²) in [5.74, 6) is -0.602. The number of aromatic nitrogens is 2. The number of anilines is 1. The highest BCUT2D eigenvalue weighted by Gasteiger charge is 2.35. The van der Waals surface area contributed by atoms with E-state index in [0.717, 1.165) is 5.69 Å². The van der Waals surface area contributed by atoms with E-state index >= 15 is 0 Å². The van der Waals surface area contributed by atoms with Crippen LogP contribution in [0.5, 0.6) is 0 Å². The molecule has 0 aliphatic carbocycles. The number of carbonyl (C=O) groups is 2. The molecule has 0 atom stereocenters. The van der Waals surface area contributed by atoms with Gasteiger partial charge in [-0.25, -0.2) is 0 Å². The third kappa shape index (κ3) is 1.69. The van der Waals surface area contributed by atoms with E-state index in [-0.39, 0.29) is 18.4 Å². The van der Waals surface area contributed by atoms with Crippen LogP contribution in [0.4, 0.5) is 5.69 Å². The van der Waals surface area contributed by atoms with Crippen LogP contribution in [0.1, 0.15) is 26.4 Å². The number of aryl methyl sites for hydroxylation is 1. The summed E-state index contributed by atoms with van der Waals surface area (Å²) in [5.41, 5.74) is 7.69. The first-order valence-corrected chi connectivity index (χ1v) is 5.80. The first-order chi connectivity index (χ1) is 9.08. The van der Waals surface area contributed by atoms with Crippen molar-refractivity contribution >= 4 is 17.5 Å². The first kappa shape index (κ1) is 11.5. The van der Waals surface area contributed by atoms with Gasteiger partial charge < -0.3 is 5.73 Å². The molecule has 2 aromatic rings. The van der Waals surface area contributed by atoms with Crippen molar-refractivity contribution < 1.29 is 9.59 Å². The molecule has 1 aliphatic heterocycles. The van der Waals surface area contributed by atoms with E-state index in [0.29, 0.717) is 16.8 Å². The lowest BCUT2D eigenvalue weighted by Gasteiger charge is -2.13. The van der Waals surface area contributed by atoms with Gasteiger partial charge in [-0.05, 0) is 24.3 Å². The fraction of sp³-hybridized carbons (Fsp3) is 0.154. The molecule has 1 aromatic heterocycles. The second-order valence-electron chi connectivity index (χ2n) is 4.45. The number of benzene rings is 1. The molecule has 0 fully saturated rings. The molecule has 2 N–H and O–H groups in total. The molecule has 2 amide bonds. The average molecular weight is 256 g/mol. The summed E-state index contributed by atoms with van der Waals surface area (Å²) in [6.45, 7) is 0.211. The van der Waals surface area contributed by atoms with Gasteiger partial charge >= 0.3 is 0 Å². The Bertz CT molecular complexity index is 690. The Morgan fingerprint density at radius 1 is 1.16 bits per heavy atom. The van der Waals surface area contributed by atoms with E-state index < -0.39 is 0 Å². The van der Waals surface area contributed by atoms with Gasteiger partial charge in [0.05, 0.1) is 23.4 Å². The fourth-order valence-corrected chi connectivity index (χ4v) is 2.17. The number of nitrogen functional groups attached to an aromatic ring is 1. The maximum Gasteiger partial charge on any atom is 0.261 e. The highest BCUT2D eigenvalue weighted by Crippen LogP contribution is 2.26. The lowest BCUT2D eigenvalue weighted by atomic mass is 10.1. The zero-order valence-corrected chi connectivity index (χ0v) is 10.3. The summed E-state index contributed by atoms with van der Waals surface area (Å²) in [7, 11) is 1.77. The second kappa shape index (κ2) is 3.94. The first-order valence-electron chi connectivity index (χ1n) is 5.80. The Hall–Kier alpha value is -2.63. The van der Waals surface area contributed by atoms with Crippen molar-refractivity contribution in [3.63, 3.8) is 0 Å². The topological polar surface area (TPSA) is 81.2 Å². The normalized spacial score (nSPS) is 14.1. The zero-order chi connectivity index (χ0) is 13.6. The Morgan fingerprint density at radius 3 is 2.58 bits per heavy atom. The third-order valence-corrected chi connectivity index (χ3v) is 3.24. The molecule has 19 heavy (non-hydrogen) atoms. The molecular formula is C13H12N4O2. The summed E-state index contributed by atoms with van der Waals surface area (Å²) >= 11 is 0. The van der Waals surface area contributed by atoms with Crippen molar-refractivity contribution in [1.82, 2.24) is 14.7 Å². The monoisotopic (exact) mass is 256 g/mol. The molecule has 0 radical (unpaired) electrons. The Labute approximate surface area is 109 Å². The van der Waals surface area contributed by atoms with Crippen molar-refractivity contribution in [2.24, 2.45) is 7.05 Å². The van der Waals surface area contributed by atoms with Crippen molar-refractivity contribution in [3.8, 4) is 0 Å².